The van der Waals surface area contributed by atoms with Gasteiger partial charge < -0.3 is 24.1 Å². The van der Waals surface area contributed by atoms with Crippen LogP contribution in [0.25, 0.3) is 0 Å². The number of furan rings is 1. The van der Waals surface area contributed by atoms with E-state index in [-0.39, 0.29) is 18.3 Å². The van der Waals surface area contributed by atoms with Crippen LogP contribution < -0.4 is 14.8 Å². The standard InChI is InChI=1S/C21H26N2O5/c1-15(21(25)23-12-4-3-5-13-23)22-20(24)19-11-10-18(28-19)14-27-17-8-6-16(26-2)7-9-17/h6-11,15H,3-5,12-14H2,1-2H3,(H,22,24). The number of hydrogen-bond donors (Lipinski definition) is 1. The first-order valence-electron chi connectivity index (χ1n) is 9.52. The molecular weight excluding hydrogens is 360 g/mol. The molecular formula is C21H26N2O5. The van der Waals surface area contributed by atoms with Crippen LogP contribution in [0.15, 0.2) is 40.8 Å². The molecule has 150 valence electrons. The molecule has 0 aliphatic carbocycles. The van der Waals surface area contributed by atoms with Crippen molar-refractivity contribution in [3.8, 4) is 11.5 Å². The summed E-state index contributed by atoms with van der Waals surface area (Å²) in [4.78, 5) is 26.6. The van der Waals surface area contributed by atoms with Gasteiger partial charge in [-0.25, -0.2) is 0 Å². The molecule has 2 heterocycles. The number of carbonyl (C=O) groups excluding carboxylic acids is 2. The Morgan fingerprint density at radius 2 is 1.75 bits per heavy atom. The summed E-state index contributed by atoms with van der Waals surface area (Å²) in [5.41, 5.74) is 0. The number of likely N-dealkylation sites (tertiary alicyclic amines) is 1. The van der Waals surface area contributed by atoms with Crippen molar-refractivity contribution in [3.63, 3.8) is 0 Å². The lowest BCUT2D eigenvalue weighted by atomic mass is 10.1. The van der Waals surface area contributed by atoms with E-state index >= 15 is 0 Å². The van der Waals surface area contributed by atoms with Crippen LogP contribution in [0.4, 0.5) is 0 Å². The first-order chi connectivity index (χ1) is 13.6. The summed E-state index contributed by atoms with van der Waals surface area (Å²) >= 11 is 0. The molecule has 1 saturated heterocycles. The summed E-state index contributed by atoms with van der Waals surface area (Å²) in [7, 11) is 1.60. The van der Waals surface area contributed by atoms with Crippen molar-refractivity contribution in [2.24, 2.45) is 0 Å². The minimum Gasteiger partial charge on any atom is -0.497 e. The first kappa shape index (κ1) is 19.8. The van der Waals surface area contributed by atoms with Gasteiger partial charge in [0.1, 0.15) is 29.9 Å². The molecule has 28 heavy (non-hydrogen) atoms. The first-order valence-corrected chi connectivity index (χ1v) is 9.52. The molecule has 1 unspecified atom stereocenters. The molecule has 3 rings (SSSR count). The van der Waals surface area contributed by atoms with Gasteiger partial charge in [0.05, 0.1) is 7.11 Å². The van der Waals surface area contributed by atoms with E-state index in [2.05, 4.69) is 5.32 Å². The van der Waals surface area contributed by atoms with Crippen molar-refractivity contribution >= 4 is 11.8 Å². The number of piperidine rings is 1. The Bertz CT molecular complexity index is 793. The van der Waals surface area contributed by atoms with Crippen LogP contribution in [0.5, 0.6) is 11.5 Å². The predicted molar refractivity (Wildman–Crippen MR) is 103 cm³/mol. The second-order valence-corrected chi connectivity index (χ2v) is 6.81. The van der Waals surface area contributed by atoms with Crippen LogP contribution in [0, 0.1) is 0 Å². The van der Waals surface area contributed by atoms with E-state index in [9.17, 15) is 9.59 Å². The molecule has 0 radical (unpaired) electrons. The Hall–Kier alpha value is -2.96. The summed E-state index contributed by atoms with van der Waals surface area (Å²) in [5.74, 6) is 1.64. The number of benzene rings is 1. The van der Waals surface area contributed by atoms with Crippen molar-refractivity contribution in [2.45, 2.75) is 38.8 Å². The van der Waals surface area contributed by atoms with E-state index in [1.807, 2.05) is 4.90 Å². The van der Waals surface area contributed by atoms with E-state index in [0.29, 0.717) is 11.5 Å². The van der Waals surface area contributed by atoms with Gasteiger partial charge in [-0.3, -0.25) is 9.59 Å². The van der Waals surface area contributed by atoms with Crippen LogP contribution in [-0.2, 0) is 11.4 Å². The number of nitrogens with zero attached hydrogens (tertiary/aromatic N) is 1. The highest BCUT2D eigenvalue weighted by Crippen LogP contribution is 2.19. The lowest BCUT2D eigenvalue weighted by Gasteiger charge is -2.29. The third-order valence-corrected chi connectivity index (χ3v) is 4.71. The Morgan fingerprint density at radius 1 is 1.07 bits per heavy atom. The van der Waals surface area contributed by atoms with Crippen LogP contribution in [0.1, 0.15) is 42.5 Å². The normalized spacial score (nSPS) is 15.0. The van der Waals surface area contributed by atoms with E-state index in [0.717, 1.165) is 38.1 Å². The minimum absolute atomic E-state index is 0.0531. The fraction of sp³-hybridized carbons (Fsp3) is 0.429. The summed E-state index contributed by atoms with van der Waals surface area (Å²) in [5, 5.41) is 2.71. The smallest absolute Gasteiger partial charge is 0.287 e. The number of methoxy groups -OCH3 is 1. The molecule has 0 bridgehead atoms. The van der Waals surface area contributed by atoms with Crippen molar-refractivity contribution < 1.29 is 23.5 Å². The highest BCUT2D eigenvalue weighted by Gasteiger charge is 2.24. The average Bonchev–Trinajstić information content (AvgIpc) is 3.22. The molecule has 1 aliphatic rings. The molecule has 1 aromatic carbocycles. The number of carbonyl (C=O) groups is 2. The summed E-state index contributed by atoms with van der Waals surface area (Å²) < 4.78 is 16.3. The molecule has 0 spiro atoms. The summed E-state index contributed by atoms with van der Waals surface area (Å²) in [6.45, 7) is 3.41. The fourth-order valence-electron chi connectivity index (χ4n) is 3.12. The Kier molecular flexibility index (Phi) is 6.57. The van der Waals surface area contributed by atoms with Crippen LogP contribution in [0.3, 0.4) is 0 Å². The third-order valence-electron chi connectivity index (χ3n) is 4.71. The second kappa shape index (κ2) is 9.30. The maximum Gasteiger partial charge on any atom is 0.287 e. The summed E-state index contributed by atoms with van der Waals surface area (Å²) in [6, 6.07) is 9.88. The number of hydrogen-bond acceptors (Lipinski definition) is 5. The van der Waals surface area contributed by atoms with E-state index < -0.39 is 11.9 Å². The number of amides is 2. The molecule has 1 N–H and O–H groups in total. The lowest BCUT2D eigenvalue weighted by molar-refractivity contribution is -0.133. The Labute approximate surface area is 164 Å². The molecule has 1 fully saturated rings. The number of nitrogens with one attached hydrogen (secondary N) is 1. The SMILES string of the molecule is COc1ccc(OCc2ccc(C(=O)NC(C)C(=O)N3CCCCC3)o2)cc1. The molecule has 2 aromatic rings. The van der Waals surface area contributed by atoms with Crippen molar-refractivity contribution in [1.29, 1.82) is 0 Å². The molecule has 1 atom stereocenters. The second-order valence-electron chi connectivity index (χ2n) is 6.81. The monoisotopic (exact) mass is 386 g/mol. The quantitative estimate of drug-likeness (QED) is 0.791. The number of ether oxygens (including phenoxy) is 2. The largest absolute Gasteiger partial charge is 0.497 e. The Balaban J connectivity index is 1.50. The van der Waals surface area contributed by atoms with Gasteiger partial charge in [0, 0.05) is 13.1 Å². The maximum atomic E-state index is 12.4. The van der Waals surface area contributed by atoms with Gasteiger partial charge in [0.25, 0.3) is 5.91 Å². The van der Waals surface area contributed by atoms with Crippen molar-refractivity contribution in [1.82, 2.24) is 10.2 Å². The highest BCUT2D eigenvalue weighted by molar-refractivity contribution is 5.95. The van der Waals surface area contributed by atoms with Crippen LogP contribution >= 0.6 is 0 Å². The van der Waals surface area contributed by atoms with Gasteiger partial charge in [0.15, 0.2) is 5.76 Å². The molecule has 2 amide bonds. The van der Waals surface area contributed by atoms with Gasteiger partial charge in [-0.05, 0) is 62.6 Å². The van der Waals surface area contributed by atoms with Gasteiger partial charge in [-0.15, -0.1) is 0 Å². The predicted octanol–water partition coefficient (Wildman–Crippen LogP) is 3.00. The molecule has 7 nitrogen and oxygen atoms in total. The van der Waals surface area contributed by atoms with Gasteiger partial charge in [-0.2, -0.15) is 0 Å². The minimum atomic E-state index is -0.588. The number of rotatable bonds is 7. The summed E-state index contributed by atoms with van der Waals surface area (Å²) in [6.07, 6.45) is 3.18. The highest BCUT2D eigenvalue weighted by atomic mass is 16.5. The van der Waals surface area contributed by atoms with Gasteiger partial charge in [-0.1, -0.05) is 0 Å². The fourth-order valence-corrected chi connectivity index (χ4v) is 3.12. The van der Waals surface area contributed by atoms with Crippen molar-refractivity contribution in [3.05, 3.63) is 47.9 Å². The van der Waals surface area contributed by atoms with Crippen molar-refractivity contribution in [2.75, 3.05) is 20.2 Å². The van der Waals surface area contributed by atoms with E-state index in [1.165, 1.54) is 0 Å². The molecule has 7 heteroatoms. The topological polar surface area (TPSA) is 81.0 Å². The zero-order chi connectivity index (χ0) is 19.9. The molecule has 1 aromatic heterocycles. The van der Waals surface area contributed by atoms with Crippen LogP contribution in [0.2, 0.25) is 0 Å². The zero-order valence-electron chi connectivity index (χ0n) is 16.3. The Morgan fingerprint density at radius 3 is 2.43 bits per heavy atom. The average molecular weight is 386 g/mol. The van der Waals surface area contributed by atoms with Crippen LogP contribution in [-0.4, -0.2) is 43.0 Å². The van der Waals surface area contributed by atoms with E-state index in [4.69, 9.17) is 13.9 Å². The van der Waals surface area contributed by atoms with Gasteiger partial charge >= 0.3 is 0 Å². The zero-order valence-corrected chi connectivity index (χ0v) is 16.3. The van der Waals surface area contributed by atoms with E-state index in [1.54, 1.807) is 50.4 Å². The lowest BCUT2D eigenvalue weighted by Crippen LogP contribution is -2.48. The third kappa shape index (κ3) is 5.06. The molecule has 1 aliphatic heterocycles. The molecule has 0 saturated carbocycles. The maximum absolute atomic E-state index is 12.4. The van der Waals surface area contributed by atoms with Gasteiger partial charge in [0.2, 0.25) is 5.91 Å².